The highest BCUT2D eigenvalue weighted by Crippen LogP contribution is 2.45. The lowest BCUT2D eigenvalue weighted by Gasteiger charge is -2.24. The average molecular weight is 350 g/mol. The van der Waals surface area contributed by atoms with Gasteiger partial charge in [-0.1, -0.05) is 29.3 Å². The number of carbonyl (C=O) groups is 1. The molecule has 1 aromatic heterocycles. The van der Waals surface area contributed by atoms with Gasteiger partial charge >= 0.3 is 0 Å². The highest BCUT2D eigenvalue weighted by Gasteiger charge is 2.37. The molecular formula is C15H9Cl2N3OS. The zero-order valence-corrected chi connectivity index (χ0v) is 13.5. The minimum absolute atomic E-state index is 0.0665. The number of nitrogens with zero attached hydrogens (tertiary/aromatic N) is 3. The van der Waals surface area contributed by atoms with Crippen LogP contribution in [-0.2, 0) is 4.79 Å². The second kappa shape index (κ2) is 6.17. The minimum atomic E-state index is -0.325. The standard InChI is InChI=1S/C15H9Cl2N3OS/c16-10-2-1-3-11(17)14(10)15-20(13(21)8-22-15)12-5-4-9(6-18)7-19-12/h1-5,7,15H,8H2/t15-/m1/s1. The molecule has 110 valence electrons. The lowest BCUT2D eigenvalue weighted by Crippen LogP contribution is -2.29. The molecule has 0 radical (unpaired) electrons. The number of carbonyl (C=O) groups excluding carboxylic acids is 1. The topological polar surface area (TPSA) is 57.0 Å². The number of benzene rings is 1. The molecule has 0 spiro atoms. The van der Waals surface area contributed by atoms with Gasteiger partial charge in [0.25, 0.3) is 0 Å². The summed E-state index contributed by atoms with van der Waals surface area (Å²) in [6.45, 7) is 0. The van der Waals surface area contributed by atoms with Crippen molar-refractivity contribution in [3.05, 3.63) is 57.7 Å². The van der Waals surface area contributed by atoms with Gasteiger partial charge in [0.1, 0.15) is 17.3 Å². The van der Waals surface area contributed by atoms with Crippen molar-refractivity contribution in [2.24, 2.45) is 0 Å². The van der Waals surface area contributed by atoms with Gasteiger partial charge in [0.05, 0.1) is 11.3 Å². The van der Waals surface area contributed by atoms with Crippen LogP contribution in [0.2, 0.25) is 10.0 Å². The third-order valence-electron chi connectivity index (χ3n) is 3.24. The molecule has 1 fully saturated rings. The van der Waals surface area contributed by atoms with Crippen molar-refractivity contribution in [2.45, 2.75) is 5.37 Å². The van der Waals surface area contributed by atoms with Crippen LogP contribution >= 0.6 is 35.0 Å². The van der Waals surface area contributed by atoms with E-state index in [1.54, 1.807) is 35.2 Å². The number of halogens is 2. The quantitative estimate of drug-likeness (QED) is 0.820. The number of rotatable bonds is 2. The molecule has 0 saturated carbocycles. The fraction of sp³-hybridized carbons (Fsp3) is 0.133. The van der Waals surface area contributed by atoms with E-state index in [1.165, 1.54) is 18.0 Å². The molecule has 0 unspecified atom stereocenters. The van der Waals surface area contributed by atoms with E-state index < -0.39 is 0 Å². The molecule has 1 aliphatic heterocycles. The van der Waals surface area contributed by atoms with Gasteiger partial charge in [-0.25, -0.2) is 4.98 Å². The molecule has 3 rings (SSSR count). The van der Waals surface area contributed by atoms with E-state index in [-0.39, 0.29) is 11.3 Å². The predicted octanol–water partition coefficient (Wildman–Crippen LogP) is 4.04. The Kier molecular flexibility index (Phi) is 4.25. The van der Waals surface area contributed by atoms with Crippen molar-refractivity contribution >= 4 is 46.7 Å². The second-order valence-electron chi connectivity index (χ2n) is 4.58. The molecule has 0 N–H and O–H groups in total. The highest BCUT2D eigenvalue weighted by atomic mass is 35.5. The average Bonchev–Trinajstić information content (AvgIpc) is 2.89. The van der Waals surface area contributed by atoms with E-state index >= 15 is 0 Å². The van der Waals surface area contributed by atoms with Crippen molar-refractivity contribution in [1.82, 2.24) is 4.98 Å². The van der Waals surface area contributed by atoms with Crippen LogP contribution in [-0.4, -0.2) is 16.6 Å². The summed E-state index contributed by atoms with van der Waals surface area (Å²) in [6.07, 6.45) is 1.44. The van der Waals surface area contributed by atoms with Crippen LogP contribution in [0.5, 0.6) is 0 Å². The first-order valence-corrected chi connectivity index (χ1v) is 8.16. The van der Waals surface area contributed by atoms with Gasteiger partial charge in [-0.2, -0.15) is 5.26 Å². The lowest BCUT2D eigenvalue weighted by molar-refractivity contribution is -0.115. The maximum Gasteiger partial charge on any atom is 0.239 e. The number of hydrogen-bond acceptors (Lipinski definition) is 4. The van der Waals surface area contributed by atoms with Crippen molar-refractivity contribution in [3.63, 3.8) is 0 Å². The first-order chi connectivity index (χ1) is 10.6. The Bertz CT molecular complexity index is 753. The lowest BCUT2D eigenvalue weighted by atomic mass is 10.2. The SMILES string of the molecule is N#Cc1ccc(N2C(=O)CS[C@@H]2c2c(Cl)cccc2Cl)nc1. The van der Waals surface area contributed by atoms with Crippen molar-refractivity contribution in [2.75, 3.05) is 10.7 Å². The second-order valence-corrected chi connectivity index (χ2v) is 6.46. The number of amides is 1. The Morgan fingerprint density at radius 2 is 2.00 bits per heavy atom. The van der Waals surface area contributed by atoms with E-state index in [0.29, 0.717) is 32.7 Å². The zero-order chi connectivity index (χ0) is 15.7. The number of aromatic nitrogens is 1. The summed E-state index contributed by atoms with van der Waals surface area (Å²) in [5.41, 5.74) is 1.14. The number of pyridine rings is 1. The van der Waals surface area contributed by atoms with Gasteiger partial charge in [-0.15, -0.1) is 11.8 Å². The highest BCUT2D eigenvalue weighted by molar-refractivity contribution is 8.00. The Balaban J connectivity index is 2.04. The fourth-order valence-electron chi connectivity index (χ4n) is 2.23. The largest absolute Gasteiger partial charge is 0.279 e. The van der Waals surface area contributed by atoms with Gasteiger partial charge < -0.3 is 0 Å². The summed E-state index contributed by atoms with van der Waals surface area (Å²) in [5, 5.41) is 9.54. The molecule has 22 heavy (non-hydrogen) atoms. The van der Waals surface area contributed by atoms with Crippen molar-refractivity contribution in [1.29, 1.82) is 5.26 Å². The van der Waals surface area contributed by atoms with Gasteiger partial charge in [-0.3, -0.25) is 9.69 Å². The van der Waals surface area contributed by atoms with Gasteiger partial charge in [-0.05, 0) is 24.3 Å². The smallest absolute Gasteiger partial charge is 0.239 e. The molecule has 4 nitrogen and oxygen atoms in total. The number of hydrogen-bond donors (Lipinski definition) is 0. The fourth-order valence-corrected chi connectivity index (χ4v) is 4.20. The third-order valence-corrected chi connectivity index (χ3v) is 5.07. The van der Waals surface area contributed by atoms with Gasteiger partial charge in [0, 0.05) is 21.8 Å². The van der Waals surface area contributed by atoms with Crippen LogP contribution in [0.1, 0.15) is 16.5 Å². The summed E-state index contributed by atoms with van der Waals surface area (Å²) < 4.78 is 0. The molecule has 2 aromatic rings. The number of thioether (sulfide) groups is 1. The summed E-state index contributed by atoms with van der Waals surface area (Å²) in [5.74, 6) is 0.742. The van der Waals surface area contributed by atoms with E-state index in [1.807, 2.05) is 6.07 Å². The Morgan fingerprint density at radius 3 is 2.59 bits per heavy atom. The third kappa shape index (κ3) is 2.66. The predicted molar refractivity (Wildman–Crippen MR) is 88.1 cm³/mol. The van der Waals surface area contributed by atoms with Crippen LogP contribution < -0.4 is 4.90 Å². The van der Waals surface area contributed by atoms with Crippen LogP contribution in [0.3, 0.4) is 0 Å². The first kappa shape index (κ1) is 15.2. The molecule has 1 aromatic carbocycles. The normalized spacial score (nSPS) is 17.6. The van der Waals surface area contributed by atoms with Crippen molar-refractivity contribution < 1.29 is 4.79 Å². The summed E-state index contributed by atoms with van der Waals surface area (Å²) >= 11 is 14.0. The Hall–Kier alpha value is -1.74. The number of anilines is 1. The van der Waals surface area contributed by atoms with Crippen LogP contribution in [0.15, 0.2) is 36.5 Å². The molecular weight excluding hydrogens is 341 g/mol. The van der Waals surface area contributed by atoms with E-state index in [0.717, 1.165) is 0 Å². The van der Waals surface area contributed by atoms with Crippen LogP contribution in [0.25, 0.3) is 0 Å². The van der Waals surface area contributed by atoms with E-state index in [9.17, 15) is 4.79 Å². The van der Waals surface area contributed by atoms with Crippen molar-refractivity contribution in [3.8, 4) is 6.07 Å². The van der Waals surface area contributed by atoms with E-state index in [4.69, 9.17) is 28.5 Å². The Morgan fingerprint density at radius 1 is 1.27 bits per heavy atom. The zero-order valence-electron chi connectivity index (χ0n) is 11.2. The first-order valence-electron chi connectivity index (χ1n) is 6.35. The molecule has 1 amide bonds. The monoisotopic (exact) mass is 349 g/mol. The summed E-state index contributed by atoms with van der Waals surface area (Å²) in [6, 6.07) is 10.5. The minimum Gasteiger partial charge on any atom is -0.279 e. The Labute approximate surface area is 141 Å². The van der Waals surface area contributed by atoms with E-state index in [2.05, 4.69) is 4.98 Å². The maximum absolute atomic E-state index is 12.2. The van der Waals surface area contributed by atoms with Crippen LogP contribution in [0, 0.1) is 11.3 Å². The molecule has 2 heterocycles. The molecule has 0 aliphatic carbocycles. The summed E-state index contributed by atoms with van der Waals surface area (Å²) in [7, 11) is 0. The van der Waals surface area contributed by atoms with Gasteiger partial charge in [0.2, 0.25) is 5.91 Å². The number of nitriles is 1. The maximum atomic E-state index is 12.2. The molecule has 1 saturated heterocycles. The molecule has 1 atom stereocenters. The summed E-state index contributed by atoms with van der Waals surface area (Å²) in [4.78, 5) is 18.0. The molecule has 1 aliphatic rings. The van der Waals surface area contributed by atoms with Gasteiger partial charge in [0.15, 0.2) is 0 Å². The molecule has 0 bridgehead atoms. The molecule has 7 heteroatoms. The van der Waals surface area contributed by atoms with Crippen LogP contribution in [0.4, 0.5) is 5.82 Å².